The number of halogens is 1. The number of rotatable bonds is 9. The third-order valence-electron chi connectivity index (χ3n) is 6.43. The molecule has 0 fully saturated rings. The Morgan fingerprint density at radius 2 is 1.62 bits per heavy atom. The summed E-state index contributed by atoms with van der Waals surface area (Å²) >= 11 is 0. The van der Waals surface area contributed by atoms with Gasteiger partial charge in [-0.3, -0.25) is 4.79 Å². The van der Waals surface area contributed by atoms with E-state index in [-0.39, 0.29) is 17.3 Å². The molecule has 9 heteroatoms. The Kier molecular flexibility index (Phi) is 7.79. The molecular weight excluding hydrogens is 527 g/mol. The van der Waals surface area contributed by atoms with Gasteiger partial charge in [0.25, 0.3) is 5.91 Å². The maximum Gasteiger partial charge on any atom is 0.258 e. The van der Waals surface area contributed by atoms with E-state index in [2.05, 4.69) is 20.3 Å². The van der Waals surface area contributed by atoms with Crippen molar-refractivity contribution in [3.05, 3.63) is 125 Å². The highest BCUT2D eigenvalue weighted by Crippen LogP contribution is 2.38. The highest BCUT2D eigenvalue weighted by Gasteiger charge is 2.29. The minimum Gasteiger partial charge on any atom is -0.354 e. The van der Waals surface area contributed by atoms with E-state index in [0.717, 1.165) is 17.8 Å². The van der Waals surface area contributed by atoms with Crippen LogP contribution < -0.4 is 15.4 Å². The van der Waals surface area contributed by atoms with Crippen LogP contribution in [-0.2, 0) is 27.9 Å². The Morgan fingerprint density at radius 3 is 2.35 bits per heavy atom. The molecule has 1 amide bonds. The largest absolute Gasteiger partial charge is 0.354 e. The van der Waals surface area contributed by atoms with Crippen LogP contribution in [0.5, 0.6) is 0 Å². The van der Waals surface area contributed by atoms with Gasteiger partial charge in [-0.25, -0.2) is 17.5 Å². The number of carbonyl (C=O) groups is 1. The number of anilines is 2. The summed E-state index contributed by atoms with van der Waals surface area (Å²) < 4.78 is 42.1. The highest BCUT2D eigenvalue weighted by molar-refractivity contribution is 7.89. The number of nitrogens with one attached hydrogen (secondary N) is 3. The normalized spacial score (nSPS) is 14.2. The predicted molar refractivity (Wildman–Crippen MR) is 156 cm³/mol. The third-order valence-corrected chi connectivity index (χ3v) is 7.85. The van der Waals surface area contributed by atoms with E-state index >= 15 is 0 Å². The molecule has 4 aromatic rings. The molecule has 0 saturated carbocycles. The molecule has 0 unspecified atom stereocenters. The molecule has 40 heavy (non-hydrogen) atoms. The Hall–Kier alpha value is -4.31. The predicted octanol–water partition coefficient (Wildman–Crippen LogP) is 5.30. The molecular formula is C31H29FN4O3S. The zero-order valence-corrected chi connectivity index (χ0v) is 22.9. The summed E-state index contributed by atoms with van der Waals surface area (Å²) in [5, 5.41) is 6.16. The summed E-state index contributed by atoms with van der Waals surface area (Å²) in [5.74, 6) is -0.804. The fraction of sp³-hybridized carbons (Fsp3) is 0.129. The topological polar surface area (TPSA) is 90.5 Å². The van der Waals surface area contributed by atoms with Crippen molar-refractivity contribution >= 4 is 38.6 Å². The molecule has 0 aliphatic carbocycles. The quantitative estimate of drug-likeness (QED) is 0.244. The standard InChI is InChI=1S/C31H29FN4O3S/c1-36(2)20-21-11-14-25(15-12-21)34-30(29-27-16-13-24(32)18-28(27)35-31(29)37)23-8-6-7-22(17-23)19-33-40(38,39)26-9-4-3-5-10-26/h3-18,33-34H,19-20H2,1-2H3,(H,35,37)/b30-29-. The van der Waals surface area contributed by atoms with Crippen LogP contribution in [0.2, 0.25) is 0 Å². The van der Waals surface area contributed by atoms with Gasteiger partial charge in [-0.2, -0.15) is 0 Å². The van der Waals surface area contributed by atoms with E-state index in [4.69, 9.17) is 0 Å². The molecule has 4 aromatic carbocycles. The zero-order valence-electron chi connectivity index (χ0n) is 22.1. The van der Waals surface area contributed by atoms with Gasteiger partial charge < -0.3 is 15.5 Å². The highest BCUT2D eigenvalue weighted by atomic mass is 32.2. The number of hydrogen-bond donors (Lipinski definition) is 3. The average molecular weight is 557 g/mol. The number of sulfonamides is 1. The van der Waals surface area contributed by atoms with E-state index in [9.17, 15) is 17.6 Å². The smallest absolute Gasteiger partial charge is 0.258 e. The lowest BCUT2D eigenvalue weighted by molar-refractivity contribution is -0.110. The molecule has 204 valence electrons. The maximum atomic E-state index is 13.9. The summed E-state index contributed by atoms with van der Waals surface area (Å²) in [6, 6.07) is 27.6. The second-order valence-electron chi connectivity index (χ2n) is 9.79. The Labute approximate surface area is 233 Å². The first-order valence-corrected chi connectivity index (χ1v) is 14.2. The number of benzene rings is 4. The summed E-state index contributed by atoms with van der Waals surface area (Å²) in [5.41, 5.74) is 5.15. The van der Waals surface area contributed by atoms with E-state index in [0.29, 0.717) is 33.6 Å². The van der Waals surface area contributed by atoms with Gasteiger partial charge in [-0.1, -0.05) is 48.5 Å². The first kappa shape index (κ1) is 27.3. The van der Waals surface area contributed by atoms with Gasteiger partial charge in [0.1, 0.15) is 5.82 Å². The lowest BCUT2D eigenvalue weighted by atomic mass is 9.98. The number of fused-ring (bicyclic) bond motifs is 1. The van der Waals surface area contributed by atoms with Crippen LogP contribution >= 0.6 is 0 Å². The Balaban J connectivity index is 1.52. The SMILES string of the molecule is CN(C)Cc1ccc(N/C(=C2\C(=O)Nc3cc(F)ccc32)c2cccc(CNS(=O)(=O)c3ccccc3)c2)cc1. The first-order chi connectivity index (χ1) is 19.2. The molecule has 0 saturated heterocycles. The number of carbonyl (C=O) groups excluding carboxylic acids is 1. The minimum atomic E-state index is -3.70. The van der Waals surface area contributed by atoms with Crippen molar-refractivity contribution in [2.45, 2.75) is 18.0 Å². The van der Waals surface area contributed by atoms with Gasteiger partial charge in [-0.15, -0.1) is 0 Å². The second-order valence-corrected chi connectivity index (χ2v) is 11.6. The number of amides is 1. The monoisotopic (exact) mass is 556 g/mol. The molecule has 0 radical (unpaired) electrons. The van der Waals surface area contributed by atoms with E-state index in [1.807, 2.05) is 62.6 Å². The molecule has 1 aliphatic heterocycles. The number of hydrogen-bond acceptors (Lipinski definition) is 5. The van der Waals surface area contributed by atoms with Gasteiger partial charge in [0.05, 0.1) is 21.9 Å². The van der Waals surface area contributed by atoms with E-state index in [1.165, 1.54) is 24.3 Å². The van der Waals surface area contributed by atoms with Crippen LogP contribution in [0, 0.1) is 5.82 Å². The molecule has 7 nitrogen and oxygen atoms in total. The first-order valence-electron chi connectivity index (χ1n) is 12.7. The van der Waals surface area contributed by atoms with E-state index < -0.39 is 15.8 Å². The summed E-state index contributed by atoms with van der Waals surface area (Å²) in [4.78, 5) is 15.4. The maximum absolute atomic E-state index is 13.9. The van der Waals surface area contributed by atoms with Gasteiger partial charge in [0, 0.05) is 24.3 Å². The van der Waals surface area contributed by atoms with E-state index in [1.54, 1.807) is 24.3 Å². The van der Waals surface area contributed by atoms with Crippen LogP contribution in [0.25, 0.3) is 11.3 Å². The average Bonchev–Trinajstić information content (AvgIpc) is 3.26. The van der Waals surface area contributed by atoms with Crippen molar-refractivity contribution in [3.8, 4) is 0 Å². The van der Waals surface area contributed by atoms with Crippen LogP contribution in [0.4, 0.5) is 15.8 Å². The molecule has 0 bridgehead atoms. The number of nitrogens with zero attached hydrogens (tertiary/aromatic N) is 1. The Bertz CT molecular complexity index is 1690. The van der Waals surface area contributed by atoms with Crippen LogP contribution in [-0.4, -0.2) is 33.3 Å². The lowest BCUT2D eigenvalue weighted by Gasteiger charge is -2.17. The molecule has 1 heterocycles. The molecule has 0 aromatic heterocycles. The van der Waals surface area contributed by atoms with Crippen molar-refractivity contribution in [1.29, 1.82) is 0 Å². The molecule has 5 rings (SSSR count). The summed E-state index contributed by atoms with van der Waals surface area (Å²) in [7, 11) is 0.299. The second kappa shape index (κ2) is 11.4. The van der Waals surface area contributed by atoms with Gasteiger partial charge in [-0.05, 0) is 79.3 Å². The van der Waals surface area contributed by atoms with Crippen LogP contribution in [0.15, 0.2) is 102 Å². The van der Waals surface area contributed by atoms with Gasteiger partial charge >= 0.3 is 0 Å². The van der Waals surface area contributed by atoms with Crippen LogP contribution in [0.3, 0.4) is 0 Å². The van der Waals surface area contributed by atoms with Gasteiger partial charge in [0.2, 0.25) is 10.0 Å². The molecule has 1 aliphatic rings. The van der Waals surface area contributed by atoms with Gasteiger partial charge in [0.15, 0.2) is 0 Å². The molecule has 0 atom stereocenters. The minimum absolute atomic E-state index is 0.0565. The molecule has 0 spiro atoms. The Morgan fingerprint density at radius 1 is 0.875 bits per heavy atom. The van der Waals surface area contributed by atoms with Crippen molar-refractivity contribution in [3.63, 3.8) is 0 Å². The van der Waals surface area contributed by atoms with Crippen molar-refractivity contribution in [2.75, 3.05) is 24.7 Å². The fourth-order valence-electron chi connectivity index (χ4n) is 4.57. The summed E-state index contributed by atoms with van der Waals surface area (Å²) in [6.07, 6.45) is 0. The van der Waals surface area contributed by atoms with Crippen molar-refractivity contribution in [2.24, 2.45) is 0 Å². The van der Waals surface area contributed by atoms with Crippen LogP contribution in [0.1, 0.15) is 22.3 Å². The third kappa shape index (κ3) is 6.12. The van der Waals surface area contributed by atoms with Crippen molar-refractivity contribution < 1.29 is 17.6 Å². The lowest BCUT2D eigenvalue weighted by Crippen LogP contribution is -2.23. The summed E-state index contributed by atoms with van der Waals surface area (Å²) in [6.45, 7) is 0.845. The fourth-order valence-corrected chi connectivity index (χ4v) is 5.61. The zero-order chi connectivity index (χ0) is 28.3. The van der Waals surface area contributed by atoms with Crippen molar-refractivity contribution in [1.82, 2.24) is 9.62 Å². The molecule has 3 N–H and O–H groups in total.